The monoisotopic (exact) mass is 495 g/mol. The molecule has 3 aromatic carbocycles. The average Bonchev–Trinajstić information content (AvgIpc) is 3.08. The Morgan fingerprint density at radius 2 is 1.79 bits per heavy atom. The summed E-state index contributed by atoms with van der Waals surface area (Å²) in [4.78, 5) is 27.5. The molecule has 0 saturated carbocycles. The summed E-state index contributed by atoms with van der Waals surface area (Å²) in [5, 5.41) is 0.301. The van der Waals surface area contributed by atoms with Gasteiger partial charge in [0.2, 0.25) is 0 Å². The van der Waals surface area contributed by atoms with E-state index in [4.69, 9.17) is 33.3 Å². The molecule has 5 nitrogen and oxygen atoms in total. The highest BCUT2D eigenvalue weighted by atomic mass is 35.5. The Morgan fingerprint density at radius 3 is 2.52 bits per heavy atom. The average molecular weight is 496 g/mol. The highest BCUT2D eigenvalue weighted by Gasteiger charge is 2.32. The van der Waals surface area contributed by atoms with E-state index in [0.29, 0.717) is 32.1 Å². The molecule has 0 atom stereocenters. The van der Waals surface area contributed by atoms with Crippen LogP contribution >= 0.6 is 35.6 Å². The van der Waals surface area contributed by atoms with E-state index in [9.17, 15) is 9.59 Å². The fourth-order valence-electron chi connectivity index (χ4n) is 3.19. The third-order valence-corrected chi connectivity index (χ3v) is 6.55. The van der Waals surface area contributed by atoms with Gasteiger partial charge >= 0.3 is 5.97 Å². The normalized spacial score (nSPS) is 14.6. The van der Waals surface area contributed by atoms with E-state index in [1.807, 2.05) is 30.3 Å². The van der Waals surface area contributed by atoms with E-state index >= 15 is 0 Å². The van der Waals surface area contributed by atoms with Crippen LogP contribution in [0.25, 0.3) is 6.08 Å². The molecule has 0 radical (unpaired) electrons. The van der Waals surface area contributed by atoms with Crippen LogP contribution in [0, 0.1) is 0 Å². The van der Waals surface area contributed by atoms with Gasteiger partial charge in [0.05, 0.1) is 29.1 Å². The summed E-state index contributed by atoms with van der Waals surface area (Å²) < 4.78 is 11.4. The molecule has 0 bridgehead atoms. The number of esters is 1. The van der Waals surface area contributed by atoms with E-state index in [-0.39, 0.29) is 17.2 Å². The van der Waals surface area contributed by atoms with Crippen molar-refractivity contribution in [1.29, 1.82) is 0 Å². The maximum Gasteiger partial charge on any atom is 0.345 e. The topological polar surface area (TPSA) is 55.8 Å². The molecule has 1 aliphatic heterocycles. The van der Waals surface area contributed by atoms with Crippen LogP contribution in [0.1, 0.15) is 21.5 Å². The van der Waals surface area contributed by atoms with Crippen LogP contribution in [0.4, 0.5) is 0 Å². The van der Waals surface area contributed by atoms with Gasteiger partial charge in [0, 0.05) is 0 Å². The van der Waals surface area contributed by atoms with E-state index in [2.05, 4.69) is 0 Å². The summed E-state index contributed by atoms with van der Waals surface area (Å²) in [7, 11) is 1.48. The van der Waals surface area contributed by atoms with Gasteiger partial charge in [-0.2, -0.15) is 0 Å². The minimum Gasteiger partial charge on any atom is -0.493 e. The molecule has 166 valence electrons. The summed E-state index contributed by atoms with van der Waals surface area (Å²) in [5.74, 6) is -0.143. The molecular weight excluding hydrogens is 478 g/mol. The number of rotatable bonds is 6. The molecular formula is C25H18ClNO4S2. The smallest absolute Gasteiger partial charge is 0.345 e. The maximum atomic E-state index is 12.9. The summed E-state index contributed by atoms with van der Waals surface area (Å²) in [6, 6.07) is 21.4. The predicted octanol–water partition coefficient (Wildman–Crippen LogP) is 5.97. The zero-order chi connectivity index (χ0) is 23.4. The fraction of sp³-hybridized carbons (Fsp3) is 0.0800. The molecule has 1 fully saturated rings. The molecule has 0 aromatic heterocycles. The molecule has 33 heavy (non-hydrogen) atoms. The Kier molecular flexibility index (Phi) is 7.13. The van der Waals surface area contributed by atoms with Crippen LogP contribution < -0.4 is 9.47 Å². The quantitative estimate of drug-likeness (QED) is 0.182. The van der Waals surface area contributed by atoms with E-state index < -0.39 is 5.97 Å². The first kappa shape index (κ1) is 23.0. The van der Waals surface area contributed by atoms with Crippen molar-refractivity contribution in [2.75, 3.05) is 7.11 Å². The van der Waals surface area contributed by atoms with Crippen molar-refractivity contribution in [3.05, 3.63) is 99.4 Å². The molecule has 1 heterocycles. The van der Waals surface area contributed by atoms with Crippen molar-refractivity contribution in [3.63, 3.8) is 0 Å². The number of hydrogen-bond acceptors (Lipinski definition) is 6. The number of hydrogen-bond donors (Lipinski definition) is 0. The largest absolute Gasteiger partial charge is 0.493 e. The van der Waals surface area contributed by atoms with Crippen molar-refractivity contribution in [1.82, 2.24) is 4.90 Å². The minimum absolute atomic E-state index is 0.151. The van der Waals surface area contributed by atoms with Crippen LogP contribution in [0.3, 0.4) is 0 Å². The van der Waals surface area contributed by atoms with Crippen molar-refractivity contribution < 1.29 is 19.1 Å². The number of thioether (sulfide) groups is 1. The Balaban J connectivity index is 1.53. The number of carbonyl (C=O) groups excluding carboxylic acids is 2. The zero-order valence-corrected chi connectivity index (χ0v) is 19.9. The lowest BCUT2D eigenvalue weighted by molar-refractivity contribution is -0.122. The summed E-state index contributed by atoms with van der Waals surface area (Å²) in [6.07, 6.45) is 1.74. The molecule has 3 aromatic rings. The number of carbonyl (C=O) groups is 2. The molecule has 1 saturated heterocycles. The van der Waals surface area contributed by atoms with Crippen molar-refractivity contribution in [3.8, 4) is 11.5 Å². The van der Waals surface area contributed by atoms with E-state index in [1.54, 1.807) is 53.4 Å². The lowest BCUT2D eigenvalue weighted by atomic mass is 10.1. The highest BCUT2D eigenvalue weighted by molar-refractivity contribution is 8.26. The van der Waals surface area contributed by atoms with E-state index in [1.165, 1.54) is 18.9 Å². The summed E-state index contributed by atoms with van der Waals surface area (Å²) in [6.45, 7) is 0.420. The third kappa shape index (κ3) is 5.27. The van der Waals surface area contributed by atoms with Gasteiger partial charge in [-0.1, -0.05) is 84.1 Å². The maximum absolute atomic E-state index is 12.9. The standard InChI is InChI=1S/C25H18ClNO4S2/c1-30-21-13-17(11-12-20(21)31-24(29)18-9-5-6-10-19(18)26)14-22-23(28)27(25(32)33-22)15-16-7-3-2-4-8-16/h2-14H,15H2,1H3/b22-14-. The number of nitrogens with zero attached hydrogens (tertiary/aromatic N) is 1. The van der Waals surface area contributed by atoms with Gasteiger partial charge < -0.3 is 9.47 Å². The number of halogens is 1. The van der Waals surface area contributed by atoms with Crippen molar-refractivity contribution >= 4 is 57.9 Å². The third-order valence-electron chi connectivity index (χ3n) is 4.84. The first-order valence-electron chi connectivity index (χ1n) is 9.90. The number of amides is 1. The van der Waals surface area contributed by atoms with Gasteiger partial charge in [-0.25, -0.2) is 4.79 Å². The Morgan fingerprint density at radius 1 is 1.06 bits per heavy atom. The number of thiocarbonyl (C=S) groups is 1. The Labute approximate surface area is 205 Å². The van der Waals surface area contributed by atoms with Gasteiger partial charge in [0.1, 0.15) is 4.32 Å². The van der Waals surface area contributed by atoms with Gasteiger partial charge in [-0.05, 0) is 41.5 Å². The van der Waals surface area contributed by atoms with Crippen LogP contribution in [0.15, 0.2) is 77.7 Å². The number of methoxy groups -OCH3 is 1. The molecule has 0 N–H and O–H groups in total. The Hall–Kier alpha value is -3.13. The second-order valence-electron chi connectivity index (χ2n) is 7.03. The molecule has 0 aliphatic carbocycles. The summed E-state index contributed by atoms with van der Waals surface area (Å²) in [5.41, 5.74) is 1.97. The Bertz CT molecular complexity index is 1260. The second kappa shape index (κ2) is 10.2. The van der Waals surface area contributed by atoms with Crippen molar-refractivity contribution in [2.45, 2.75) is 6.54 Å². The molecule has 4 rings (SSSR count). The van der Waals surface area contributed by atoms with Crippen LogP contribution in [-0.2, 0) is 11.3 Å². The molecule has 8 heteroatoms. The van der Waals surface area contributed by atoms with Gasteiger partial charge in [0.25, 0.3) is 5.91 Å². The van der Waals surface area contributed by atoms with Crippen LogP contribution in [0.2, 0.25) is 5.02 Å². The second-order valence-corrected chi connectivity index (χ2v) is 9.12. The van der Waals surface area contributed by atoms with E-state index in [0.717, 1.165) is 5.56 Å². The summed E-state index contributed by atoms with van der Waals surface area (Å²) >= 11 is 12.7. The molecule has 1 aliphatic rings. The molecule has 1 amide bonds. The number of benzene rings is 3. The van der Waals surface area contributed by atoms with Gasteiger partial charge in [-0.15, -0.1) is 0 Å². The van der Waals surface area contributed by atoms with Gasteiger partial charge in [0.15, 0.2) is 11.5 Å². The lowest BCUT2D eigenvalue weighted by Gasteiger charge is -2.14. The molecule has 0 spiro atoms. The lowest BCUT2D eigenvalue weighted by Crippen LogP contribution is -2.27. The first-order valence-corrected chi connectivity index (χ1v) is 11.5. The van der Waals surface area contributed by atoms with Crippen LogP contribution in [-0.4, -0.2) is 28.2 Å². The minimum atomic E-state index is -0.589. The zero-order valence-electron chi connectivity index (χ0n) is 17.5. The highest BCUT2D eigenvalue weighted by Crippen LogP contribution is 2.35. The molecule has 0 unspecified atom stereocenters. The van der Waals surface area contributed by atoms with Crippen molar-refractivity contribution in [2.24, 2.45) is 0 Å². The van der Waals surface area contributed by atoms with Gasteiger partial charge in [-0.3, -0.25) is 9.69 Å². The fourth-order valence-corrected chi connectivity index (χ4v) is 4.66. The van der Waals surface area contributed by atoms with Crippen LogP contribution in [0.5, 0.6) is 11.5 Å². The number of ether oxygens (including phenoxy) is 2. The predicted molar refractivity (Wildman–Crippen MR) is 135 cm³/mol. The SMILES string of the molecule is COc1cc(/C=C2\SC(=S)N(Cc3ccccc3)C2=O)ccc1OC(=O)c1ccccc1Cl. The first-order chi connectivity index (χ1) is 16.0.